The quantitative estimate of drug-likeness (QED) is 0.330. The van der Waals surface area contributed by atoms with E-state index >= 15 is 0 Å². The summed E-state index contributed by atoms with van der Waals surface area (Å²) in [5.74, 6) is 0. The molecule has 0 radical (unpaired) electrons. The van der Waals surface area contributed by atoms with E-state index in [4.69, 9.17) is 15.8 Å². The summed E-state index contributed by atoms with van der Waals surface area (Å²) in [5.41, 5.74) is 5.46. The zero-order valence-electron chi connectivity index (χ0n) is 9.56. The van der Waals surface area contributed by atoms with Crippen LogP contribution in [0.15, 0.2) is 40.2 Å². The molecule has 0 aliphatic rings. The molecule has 0 bridgehead atoms. The second-order valence-electron chi connectivity index (χ2n) is 3.35. The molecule has 19 heavy (non-hydrogen) atoms. The van der Waals surface area contributed by atoms with Gasteiger partial charge in [-0.3, -0.25) is 10.1 Å². The summed E-state index contributed by atoms with van der Waals surface area (Å²) in [6.07, 6.45) is 0. The Hall–Kier alpha value is -1.42. The summed E-state index contributed by atoms with van der Waals surface area (Å²) < 4.78 is 1.32. The minimum absolute atomic E-state index is 0.0619. The van der Waals surface area contributed by atoms with Crippen molar-refractivity contribution >= 4 is 50.5 Å². The molecule has 0 atom stereocenters. The molecule has 4 N–H and O–H groups in total. The summed E-state index contributed by atoms with van der Waals surface area (Å²) in [6, 6.07) is 7.89. The van der Waals surface area contributed by atoms with Crippen molar-refractivity contribution < 1.29 is 15.0 Å². The van der Waals surface area contributed by atoms with Crippen molar-refractivity contribution in [3.63, 3.8) is 0 Å². The van der Waals surface area contributed by atoms with Gasteiger partial charge in [0.05, 0.1) is 4.92 Å². The highest BCUT2D eigenvalue weighted by Gasteiger charge is 2.10. The van der Waals surface area contributed by atoms with Crippen molar-refractivity contribution in [2.75, 3.05) is 5.73 Å². The van der Waals surface area contributed by atoms with E-state index in [1.807, 2.05) is 0 Å². The van der Waals surface area contributed by atoms with Crippen LogP contribution in [-0.4, -0.2) is 22.1 Å². The standard InChI is InChI=1S/C6H5BrN2O2.C4H5BO2S/c7-4-1-2-6(9(10)11)5(8)3-4;6-5(7)4-2-1-3-8-4/h1-3H,8H2;1-3,6-7H. The molecule has 6 nitrogen and oxygen atoms in total. The van der Waals surface area contributed by atoms with Crippen LogP contribution in [0, 0.1) is 10.1 Å². The van der Waals surface area contributed by atoms with Gasteiger partial charge in [-0.25, -0.2) is 0 Å². The molecule has 0 unspecified atom stereocenters. The third-order valence-electron chi connectivity index (χ3n) is 1.98. The number of rotatable bonds is 2. The number of nitro groups is 1. The number of nitrogens with zero attached hydrogens (tertiary/aromatic N) is 1. The minimum Gasteiger partial charge on any atom is -0.423 e. The van der Waals surface area contributed by atoms with Gasteiger partial charge < -0.3 is 15.8 Å². The van der Waals surface area contributed by atoms with E-state index in [0.717, 1.165) is 4.47 Å². The van der Waals surface area contributed by atoms with E-state index in [-0.39, 0.29) is 11.4 Å². The predicted octanol–water partition coefficient (Wildman–Crippen LogP) is 1.37. The smallest absolute Gasteiger partial charge is 0.423 e. The van der Waals surface area contributed by atoms with Crippen LogP contribution in [0.2, 0.25) is 0 Å². The summed E-state index contributed by atoms with van der Waals surface area (Å²) in [6.45, 7) is 0. The van der Waals surface area contributed by atoms with Crippen LogP contribution in [0.1, 0.15) is 0 Å². The van der Waals surface area contributed by atoms with Crippen LogP contribution in [0.5, 0.6) is 0 Å². The van der Waals surface area contributed by atoms with Crippen LogP contribution >= 0.6 is 27.3 Å². The fourth-order valence-electron chi connectivity index (χ4n) is 1.13. The van der Waals surface area contributed by atoms with Gasteiger partial charge in [-0.1, -0.05) is 28.1 Å². The molecule has 0 saturated heterocycles. The number of nitrogen functional groups attached to an aromatic ring is 1. The Morgan fingerprint density at radius 3 is 2.42 bits per heavy atom. The van der Waals surface area contributed by atoms with Crippen LogP contribution in [0.25, 0.3) is 0 Å². The highest BCUT2D eigenvalue weighted by Crippen LogP contribution is 2.24. The fraction of sp³-hybridized carbons (Fsp3) is 0. The van der Waals surface area contributed by atoms with E-state index in [0.29, 0.717) is 4.78 Å². The Morgan fingerprint density at radius 1 is 1.37 bits per heavy atom. The highest BCUT2D eigenvalue weighted by atomic mass is 79.9. The molecule has 1 aromatic carbocycles. The van der Waals surface area contributed by atoms with Crippen molar-refractivity contribution in [2.24, 2.45) is 0 Å². The summed E-state index contributed by atoms with van der Waals surface area (Å²) in [4.78, 5) is 9.73. The van der Waals surface area contributed by atoms with Gasteiger partial charge in [0.1, 0.15) is 5.69 Å². The van der Waals surface area contributed by atoms with Crippen LogP contribution in [-0.2, 0) is 0 Å². The van der Waals surface area contributed by atoms with Crippen molar-refractivity contribution in [1.82, 2.24) is 0 Å². The lowest BCUT2D eigenvalue weighted by Gasteiger charge is -1.95. The van der Waals surface area contributed by atoms with Gasteiger partial charge in [0.25, 0.3) is 5.69 Å². The van der Waals surface area contributed by atoms with Crippen LogP contribution in [0.3, 0.4) is 0 Å². The first-order valence-corrected chi connectivity index (χ1v) is 6.68. The topological polar surface area (TPSA) is 110 Å². The molecular formula is C10H10BBrN2O4S. The van der Waals surface area contributed by atoms with Gasteiger partial charge in [0.2, 0.25) is 0 Å². The average Bonchev–Trinajstić information content (AvgIpc) is 2.82. The monoisotopic (exact) mass is 344 g/mol. The third-order valence-corrected chi connectivity index (χ3v) is 3.39. The van der Waals surface area contributed by atoms with Crippen LogP contribution in [0.4, 0.5) is 11.4 Å². The van der Waals surface area contributed by atoms with Gasteiger partial charge >= 0.3 is 7.12 Å². The maximum Gasteiger partial charge on any atom is 0.499 e. The largest absolute Gasteiger partial charge is 0.499 e. The Balaban J connectivity index is 0.000000200. The second kappa shape index (κ2) is 7.24. The molecule has 100 valence electrons. The van der Waals surface area contributed by atoms with Gasteiger partial charge in [0, 0.05) is 15.3 Å². The first kappa shape index (κ1) is 15.6. The lowest BCUT2D eigenvalue weighted by atomic mass is 9.90. The first-order valence-electron chi connectivity index (χ1n) is 5.00. The van der Waals surface area contributed by atoms with Gasteiger partial charge in [-0.05, 0) is 17.5 Å². The van der Waals surface area contributed by atoms with Gasteiger partial charge in [-0.2, -0.15) is 11.3 Å². The maximum atomic E-state index is 10.2. The van der Waals surface area contributed by atoms with Crippen LogP contribution < -0.4 is 10.5 Å². The van der Waals surface area contributed by atoms with E-state index < -0.39 is 12.0 Å². The van der Waals surface area contributed by atoms with E-state index in [1.54, 1.807) is 23.6 Å². The van der Waals surface area contributed by atoms with Gasteiger partial charge in [0.15, 0.2) is 0 Å². The molecule has 2 rings (SSSR count). The fourth-order valence-corrected chi connectivity index (χ4v) is 2.10. The number of hydrogen-bond acceptors (Lipinski definition) is 6. The molecule has 1 heterocycles. The Morgan fingerprint density at radius 2 is 2.05 bits per heavy atom. The summed E-state index contributed by atoms with van der Waals surface area (Å²) >= 11 is 4.47. The first-order chi connectivity index (χ1) is 8.91. The molecular weight excluding hydrogens is 335 g/mol. The Labute approximate surface area is 121 Å². The third kappa shape index (κ3) is 4.99. The number of thiophene rings is 1. The molecule has 2 aromatic rings. The van der Waals surface area contributed by atoms with Crippen molar-refractivity contribution in [2.45, 2.75) is 0 Å². The molecule has 0 aliphatic heterocycles. The van der Waals surface area contributed by atoms with Gasteiger partial charge in [-0.15, -0.1) is 0 Å². The summed E-state index contributed by atoms with van der Waals surface area (Å²) in [7, 11) is -1.30. The highest BCUT2D eigenvalue weighted by molar-refractivity contribution is 9.10. The van der Waals surface area contributed by atoms with E-state index in [2.05, 4.69) is 15.9 Å². The lowest BCUT2D eigenvalue weighted by molar-refractivity contribution is -0.383. The number of anilines is 1. The van der Waals surface area contributed by atoms with E-state index in [9.17, 15) is 10.1 Å². The molecule has 9 heteroatoms. The number of nitrogens with two attached hydrogens (primary N) is 1. The minimum atomic E-state index is -1.30. The average molecular weight is 345 g/mol. The normalized spacial score (nSPS) is 9.42. The van der Waals surface area contributed by atoms with Crippen molar-refractivity contribution in [1.29, 1.82) is 0 Å². The summed E-state index contributed by atoms with van der Waals surface area (Å²) in [5, 5.41) is 29.0. The Bertz CT molecular complexity index is 550. The molecule has 0 saturated carbocycles. The number of hydrogen-bond donors (Lipinski definition) is 3. The zero-order valence-corrected chi connectivity index (χ0v) is 12.0. The molecule has 0 aliphatic carbocycles. The number of nitro benzene ring substituents is 1. The second-order valence-corrected chi connectivity index (χ2v) is 5.24. The Kier molecular flexibility index (Phi) is 5.96. The van der Waals surface area contributed by atoms with Crippen molar-refractivity contribution in [3.05, 3.63) is 50.3 Å². The SMILES string of the molecule is Nc1cc(Br)ccc1[N+](=O)[O-].OB(O)c1cccs1. The molecule has 1 aromatic heterocycles. The van der Waals surface area contributed by atoms with Crippen molar-refractivity contribution in [3.8, 4) is 0 Å². The molecule has 0 spiro atoms. The predicted molar refractivity (Wildman–Crippen MR) is 79.4 cm³/mol. The molecule has 0 fully saturated rings. The van der Waals surface area contributed by atoms with E-state index in [1.165, 1.54) is 23.5 Å². The number of halogens is 1. The zero-order chi connectivity index (χ0) is 14.4. The number of benzene rings is 1. The molecule has 0 amide bonds. The lowest BCUT2D eigenvalue weighted by Crippen LogP contribution is -2.26. The maximum absolute atomic E-state index is 10.2.